The van der Waals surface area contributed by atoms with E-state index in [1.165, 1.54) is 0 Å². The van der Waals surface area contributed by atoms with Crippen molar-refractivity contribution in [1.29, 1.82) is 0 Å². The fourth-order valence-corrected chi connectivity index (χ4v) is 2.43. The van der Waals surface area contributed by atoms with Crippen molar-refractivity contribution in [2.45, 2.75) is 25.3 Å². The molecule has 0 amide bonds. The summed E-state index contributed by atoms with van der Waals surface area (Å²) in [6.45, 7) is 3.88. The molecule has 1 aromatic carbocycles. The molecule has 0 unspecified atom stereocenters. The van der Waals surface area contributed by atoms with Crippen molar-refractivity contribution >= 4 is 34.0 Å². The molecule has 0 saturated carbocycles. The molecule has 0 radical (unpaired) electrons. The summed E-state index contributed by atoms with van der Waals surface area (Å²) in [5.74, 6) is 0. The van der Waals surface area contributed by atoms with Gasteiger partial charge in [0.2, 0.25) is 0 Å². The van der Waals surface area contributed by atoms with E-state index in [1.807, 2.05) is 6.07 Å². The van der Waals surface area contributed by atoms with Gasteiger partial charge in [0.25, 0.3) is 0 Å². The molecule has 0 aromatic heterocycles. The standard InChI is InChI=1S/C12H17IN2O/c1-12(4-6-16-7-5-12)15-11-3-2-9(13)8-10(11)14/h2-3,8,15H,4-7,14H2,1H3. The first-order valence-electron chi connectivity index (χ1n) is 5.50. The van der Waals surface area contributed by atoms with Gasteiger partial charge in [0.1, 0.15) is 0 Å². The van der Waals surface area contributed by atoms with Crippen LogP contribution >= 0.6 is 22.6 Å². The SMILES string of the molecule is CC1(Nc2ccc(I)cc2N)CCOCC1. The summed E-state index contributed by atoms with van der Waals surface area (Å²) in [5.41, 5.74) is 7.96. The molecule has 1 heterocycles. The Morgan fingerprint density at radius 2 is 2.06 bits per heavy atom. The monoisotopic (exact) mass is 332 g/mol. The lowest BCUT2D eigenvalue weighted by Gasteiger charge is -2.35. The molecule has 3 nitrogen and oxygen atoms in total. The van der Waals surface area contributed by atoms with Crippen LogP contribution in [0.1, 0.15) is 19.8 Å². The Bertz CT molecular complexity index is 375. The summed E-state index contributed by atoms with van der Waals surface area (Å²) < 4.78 is 6.54. The van der Waals surface area contributed by atoms with Gasteiger partial charge in [0.15, 0.2) is 0 Å². The zero-order valence-electron chi connectivity index (χ0n) is 9.42. The van der Waals surface area contributed by atoms with Crippen molar-refractivity contribution in [3.05, 3.63) is 21.8 Å². The normalized spacial score (nSPS) is 19.4. The minimum atomic E-state index is 0.110. The van der Waals surface area contributed by atoms with Gasteiger partial charge in [-0.05, 0) is 60.6 Å². The van der Waals surface area contributed by atoms with E-state index >= 15 is 0 Å². The third-order valence-electron chi connectivity index (χ3n) is 3.05. The summed E-state index contributed by atoms with van der Waals surface area (Å²) in [6.07, 6.45) is 2.05. The van der Waals surface area contributed by atoms with E-state index in [2.05, 4.69) is 47.0 Å². The van der Waals surface area contributed by atoms with Gasteiger partial charge in [-0.15, -0.1) is 0 Å². The van der Waals surface area contributed by atoms with Gasteiger partial charge >= 0.3 is 0 Å². The number of anilines is 2. The third-order valence-corrected chi connectivity index (χ3v) is 3.72. The fraction of sp³-hybridized carbons (Fsp3) is 0.500. The number of hydrogen-bond donors (Lipinski definition) is 2. The largest absolute Gasteiger partial charge is 0.397 e. The van der Waals surface area contributed by atoms with E-state index in [9.17, 15) is 0 Å². The Balaban J connectivity index is 2.13. The van der Waals surface area contributed by atoms with Crippen molar-refractivity contribution < 1.29 is 4.74 Å². The minimum absolute atomic E-state index is 0.110. The summed E-state index contributed by atoms with van der Waals surface area (Å²) in [6, 6.07) is 6.12. The molecule has 1 aliphatic heterocycles. The Morgan fingerprint density at radius 3 is 2.69 bits per heavy atom. The molecule has 4 heteroatoms. The van der Waals surface area contributed by atoms with E-state index in [4.69, 9.17) is 10.5 Å². The van der Waals surface area contributed by atoms with Crippen LogP contribution in [0.4, 0.5) is 11.4 Å². The van der Waals surface area contributed by atoms with Gasteiger partial charge in [-0.25, -0.2) is 0 Å². The summed E-state index contributed by atoms with van der Waals surface area (Å²) in [4.78, 5) is 0. The van der Waals surface area contributed by atoms with Gasteiger partial charge in [-0.3, -0.25) is 0 Å². The van der Waals surface area contributed by atoms with E-state index in [0.29, 0.717) is 0 Å². The second kappa shape index (κ2) is 4.79. The number of benzene rings is 1. The highest BCUT2D eigenvalue weighted by Gasteiger charge is 2.27. The van der Waals surface area contributed by atoms with Crippen molar-refractivity contribution in [3.63, 3.8) is 0 Å². The zero-order chi connectivity index (χ0) is 11.6. The molecule has 0 aliphatic carbocycles. The maximum absolute atomic E-state index is 6.00. The molecule has 1 aromatic rings. The second-order valence-electron chi connectivity index (χ2n) is 4.53. The van der Waals surface area contributed by atoms with Gasteiger partial charge in [0, 0.05) is 22.3 Å². The van der Waals surface area contributed by atoms with Crippen LogP contribution in [0.5, 0.6) is 0 Å². The lowest BCUT2D eigenvalue weighted by Crippen LogP contribution is -2.40. The first-order valence-corrected chi connectivity index (χ1v) is 6.58. The molecule has 0 bridgehead atoms. The lowest BCUT2D eigenvalue weighted by atomic mass is 9.92. The number of hydrogen-bond acceptors (Lipinski definition) is 3. The first-order chi connectivity index (χ1) is 7.59. The Kier molecular flexibility index (Phi) is 3.59. The van der Waals surface area contributed by atoms with Gasteiger partial charge in [0.05, 0.1) is 11.4 Å². The number of ether oxygens (including phenoxy) is 1. The van der Waals surface area contributed by atoms with Crippen molar-refractivity contribution in [1.82, 2.24) is 0 Å². The maximum atomic E-state index is 6.00. The van der Waals surface area contributed by atoms with Crippen molar-refractivity contribution in [2.75, 3.05) is 24.3 Å². The average Bonchev–Trinajstić information content (AvgIpc) is 2.23. The molecule has 3 N–H and O–H groups in total. The van der Waals surface area contributed by atoms with Crippen LogP contribution in [-0.2, 0) is 4.74 Å². The molecule has 16 heavy (non-hydrogen) atoms. The van der Waals surface area contributed by atoms with E-state index < -0.39 is 0 Å². The predicted molar refractivity (Wildman–Crippen MR) is 75.7 cm³/mol. The van der Waals surface area contributed by atoms with Crippen molar-refractivity contribution in [2.24, 2.45) is 0 Å². The van der Waals surface area contributed by atoms with E-state index in [0.717, 1.165) is 41.0 Å². The summed E-state index contributed by atoms with van der Waals surface area (Å²) in [5, 5.41) is 3.54. The second-order valence-corrected chi connectivity index (χ2v) is 5.78. The minimum Gasteiger partial charge on any atom is -0.397 e. The van der Waals surface area contributed by atoms with Gasteiger partial charge < -0.3 is 15.8 Å². The van der Waals surface area contributed by atoms with E-state index in [1.54, 1.807) is 0 Å². The lowest BCUT2D eigenvalue weighted by molar-refractivity contribution is 0.0658. The highest BCUT2D eigenvalue weighted by Crippen LogP contribution is 2.29. The molecule has 1 fully saturated rings. The Hall–Kier alpha value is -0.490. The Labute approximate surface area is 110 Å². The Morgan fingerprint density at radius 1 is 1.38 bits per heavy atom. The smallest absolute Gasteiger partial charge is 0.0578 e. The third kappa shape index (κ3) is 2.79. The number of rotatable bonds is 2. The number of nitrogens with two attached hydrogens (primary N) is 1. The fourth-order valence-electron chi connectivity index (χ4n) is 1.92. The molecular weight excluding hydrogens is 315 g/mol. The van der Waals surface area contributed by atoms with Crippen LogP contribution in [0.3, 0.4) is 0 Å². The molecule has 2 rings (SSSR count). The quantitative estimate of drug-likeness (QED) is 0.647. The first kappa shape index (κ1) is 12.0. The van der Waals surface area contributed by atoms with Crippen LogP contribution in [0.2, 0.25) is 0 Å². The molecule has 1 aliphatic rings. The number of halogens is 1. The maximum Gasteiger partial charge on any atom is 0.0578 e. The van der Waals surface area contributed by atoms with Crippen LogP contribution in [0, 0.1) is 3.57 Å². The average molecular weight is 332 g/mol. The molecule has 0 spiro atoms. The van der Waals surface area contributed by atoms with Gasteiger partial charge in [-0.1, -0.05) is 0 Å². The van der Waals surface area contributed by atoms with Crippen LogP contribution in [0.25, 0.3) is 0 Å². The van der Waals surface area contributed by atoms with Crippen LogP contribution < -0.4 is 11.1 Å². The molecule has 1 saturated heterocycles. The topological polar surface area (TPSA) is 47.3 Å². The number of nitrogen functional groups attached to an aromatic ring is 1. The highest BCUT2D eigenvalue weighted by molar-refractivity contribution is 14.1. The number of nitrogens with one attached hydrogen (secondary N) is 1. The van der Waals surface area contributed by atoms with Crippen molar-refractivity contribution in [3.8, 4) is 0 Å². The molecule has 0 atom stereocenters. The van der Waals surface area contributed by atoms with Crippen LogP contribution in [0.15, 0.2) is 18.2 Å². The summed E-state index contributed by atoms with van der Waals surface area (Å²) >= 11 is 2.27. The van der Waals surface area contributed by atoms with Gasteiger partial charge in [-0.2, -0.15) is 0 Å². The predicted octanol–water partition coefficient (Wildman–Crippen LogP) is 2.85. The molecule has 88 valence electrons. The zero-order valence-corrected chi connectivity index (χ0v) is 11.6. The molecular formula is C12H17IN2O. The highest BCUT2D eigenvalue weighted by atomic mass is 127. The van der Waals surface area contributed by atoms with E-state index in [-0.39, 0.29) is 5.54 Å². The summed E-state index contributed by atoms with van der Waals surface area (Å²) in [7, 11) is 0. The van der Waals surface area contributed by atoms with Crippen LogP contribution in [-0.4, -0.2) is 18.8 Å².